The minimum absolute atomic E-state index is 0.0956. The van der Waals surface area contributed by atoms with Gasteiger partial charge in [0.25, 0.3) is 0 Å². The maximum absolute atomic E-state index is 13.8. The molecule has 31 heavy (non-hydrogen) atoms. The van der Waals surface area contributed by atoms with E-state index in [0.717, 1.165) is 59.6 Å². The zero-order valence-corrected chi connectivity index (χ0v) is 17.2. The number of aromatic nitrogens is 3. The first-order chi connectivity index (χ1) is 15.0. The summed E-state index contributed by atoms with van der Waals surface area (Å²) in [4.78, 5) is 28.5. The fourth-order valence-electron chi connectivity index (χ4n) is 4.28. The number of nitrogens with two attached hydrogens (primary N) is 1. The average molecular weight is 418 g/mol. The molecule has 158 valence electrons. The van der Waals surface area contributed by atoms with Crippen molar-refractivity contribution in [1.82, 2.24) is 19.9 Å². The number of carbonyl (C=O) groups excluding carboxylic acids is 1. The van der Waals surface area contributed by atoms with Crippen LogP contribution in [0, 0.1) is 5.82 Å². The molecule has 7 nitrogen and oxygen atoms in total. The van der Waals surface area contributed by atoms with Crippen LogP contribution < -0.4 is 10.6 Å². The zero-order valence-electron chi connectivity index (χ0n) is 17.2. The van der Waals surface area contributed by atoms with Crippen molar-refractivity contribution in [2.75, 3.05) is 31.1 Å². The second kappa shape index (κ2) is 7.63. The molecule has 3 N–H and O–H groups in total. The molecule has 0 bridgehead atoms. The second-order valence-electron chi connectivity index (χ2n) is 7.91. The molecule has 2 aromatic heterocycles. The third-order valence-electron chi connectivity index (χ3n) is 6.06. The minimum Gasteiger partial charge on any atom is -0.368 e. The van der Waals surface area contributed by atoms with Gasteiger partial charge >= 0.3 is 0 Å². The van der Waals surface area contributed by atoms with Gasteiger partial charge in [-0.3, -0.25) is 14.7 Å². The molecule has 3 heterocycles. The fraction of sp³-hybridized carbons (Fsp3) is 0.261. The first-order valence-corrected chi connectivity index (χ1v) is 10.3. The van der Waals surface area contributed by atoms with Gasteiger partial charge in [-0.1, -0.05) is 0 Å². The lowest BCUT2D eigenvalue weighted by molar-refractivity contribution is 0.100. The van der Waals surface area contributed by atoms with Crippen LogP contribution >= 0.6 is 0 Å². The standard InChI is InChI=1S/C23H23FN6O/c1-14(23-27-19-4-2-15(22(25)31)12-20(19)28-23)29-8-10-30(11-9-29)21-6-7-26-18-5-3-16(24)13-17(18)21/h2-7,12-14H,8-11H2,1H3,(H2,25,31)(H,27,28). The van der Waals surface area contributed by atoms with E-state index in [2.05, 4.69) is 26.7 Å². The number of aromatic amines is 1. The van der Waals surface area contributed by atoms with E-state index in [0.29, 0.717) is 5.56 Å². The number of piperazine rings is 1. The van der Waals surface area contributed by atoms with Crippen molar-refractivity contribution in [2.24, 2.45) is 5.73 Å². The van der Waals surface area contributed by atoms with Gasteiger partial charge in [0.2, 0.25) is 5.91 Å². The molecule has 1 aliphatic rings. The van der Waals surface area contributed by atoms with E-state index in [1.807, 2.05) is 12.1 Å². The Labute approximate surface area is 178 Å². The van der Waals surface area contributed by atoms with Crippen LogP contribution in [0.2, 0.25) is 0 Å². The molecule has 1 aliphatic heterocycles. The van der Waals surface area contributed by atoms with Crippen molar-refractivity contribution in [3.8, 4) is 0 Å². The number of amides is 1. The molecule has 0 saturated carbocycles. The number of primary amides is 1. The van der Waals surface area contributed by atoms with Crippen LogP contribution in [-0.2, 0) is 0 Å². The number of halogens is 1. The predicted molar refractivity (Wildman–Crippen MR) is 119 cm³/mol. The highest BCUT2D eigenvalue weighted by Crippen LogP contribution is 2.29. The summed E-state index contributed by atoms with van der Waals surface area (Å²) in [6, 6.07) is 12.0. The first-order valence-electron chi connectivity index (χ1n) is 10.3. The van der Waals surface area contributed by atoms with Crippen molar-refractivity contribution in [3.63, 3.8) is 0 Å². The molecule has 1 saturated heterocycles. The number of nitrogens with zero attached hydrogens (tertiary/aromatic N) is 4. The Morgan fingerprint density at radius 1 is 1.10 bits per heavy atom. The Morgan fingerprint density at radius 3 is 2.65 bits per heavy atom. The van der Waals surface area contributed by atoms with Crippen LogP contribution in [0.5, 0.6) is 0 Å². The Morgan fingerprint density at radius 2 is 1.87 bits per heavy atom. The normalized spacial score (nSPS) is 16.1. The SMILES string of the molecule is CC(c1nc2ccc(C(N)=O)cc2[nH]1)N1CCN(c2ccnc3ccc(F)cc23)CC1. The number of H-pyrrole nitrogens is 1. The lowest BCUT2D eigenvalue weighted by Crippen LogP contribution is -2.47. The van der Waals surface area contributed by atoms with Crippen LogP contribution in [0.1, 0.15) is 29.1 Å². The van der Waals surface area contributed by atoms with Crippen LogP contribution in [0.25, 0.3) is 21.9 Å². The minimum atomic E-state index is -0.453. The molecule has 4 aromatic rings. The van der Waals surface area contributed by atoms with Gasteiger partial charge in [-0.05, 0) is 49.4 Å². The summed E-state index contributed by atoms with van der Waals surface area (Å²) < 4.78 is 13.8. The highest BCUT2D eigenvalue weighted by molar-refractivity contribution is 5.96. The number of hydrogen-bond donors (Lipinski definition) is 2. The summed E-state index contributed by atoms with van der Waals surface area (Å²) in [5.74, 6) is 0.158. The number of carbonyl (C=O) groups is 1. The first kappa shape index (κ1) is 19.4. The molecular formula is C23H23FN6O. The van der Waals surface area contributed by atoms with Gasteiger partial charge in [0, 0.05) is 49.0 Å². The number of hydrogen-bond acceptors (Lipinski definition) is 5. The number of rotatable bonds is 4. The maximum atomic E-state index is 13.8. The molecule has 0 aliphatic carbocycles. The van der Waals surface area contributed by atoms with Gasteiger partial charge in [0.05, 0.1) is 22.6 Å². The quantitative estimate of drug-likeness (QED) is 0.531. The van der Waals surface area contributed by atoms with Crippen molar-refractivity contribution in [3.05, 3.63) is 65.9 Å². The molecule has 1 unspecified atom stereocenters. The van der Waals surface area contributed by atoms with E-state index in [-0.39, 0.29) is 11.9 Å². The van der Waals surface area contributed by atoms with Gasteiger partial charge in [0.15, 0.2) is 0 Å². The van der Waals surface area contributed by atoms with E-state index in [9.17, 15) is 9.18 Å². The van der Waals surface area contributed by atoms with Gasteiger partial charge < -0.3 is 15.6 Å². The number of nitrogens with one attached hydrogen (secondary N) is 1. The molecular weight excluding hydrogens is 395 g/mol. The molecule has 2 aromatic carbocycles. The third-order valence-corrected chi connectivity index (χ3v) is 6.06. The Kier molecular flexibility index (Phi) is 4.78. The number of fused-ring (bicyclic) bond motifs is 2. The number of pyridine rings is 1. The summed E-state index contributed by atoms with van der Waals surface area (Å²) >= 11 is 0. The van der Waals surface area contributed by atoms with Crippen LogP contribution in [0.15, 0.2) is 48.7 Å². The maximum Gasteiger partial charge on any atom is 0.248 e. The highest BCUT2D eigenvalue weighted by atomic mass is 19.1. The molecule has 1 amide bonds. The lowest BCUT2D eigenvalue weighted by atomic mass is 10.1. The summed E-state index contributed by atoms with van der Waals surface area (Å²) in [5, 5.41) is 0.839. The van der Waals surface area contributed by atoms with E-state index < -0.39 is 5.91 Å². The van der Waals surface area contributed by atoms with Crippen molar-refractivity contribution < 1.29 is 9.18 Å². The van der Waals surface area contributed by atoms with Gasteiger partial charge in [-0.2, -0.15) is 0 Å². The summed E-state index contributed by atoms with van der Waals surface area (Å²) in [5.41, 5.74) is 9.28. The highest BCUT2D eigenvalue weighted by Gasteiger charge is 2.25. The third kappa shape index (κ3) is 3.59. The molecule has 5 rings (SSSR count). The topological polar surface area (TPSA) is 91.1 Å². The van der Waals surface area contributed by atoms with Crippen molar-refractivity contribution in [1.29, 1.82) is 0 Å². The Bertz CT molecular complexity index is 1280. The summed E-state index contributed by atoms with van der Waals surface area (Å²) in [6.07, 6.45) is 1.78. The molecule has 0 radical (unpaired) electrons. The Hall–Kier alpha value is -3.52. The van der Waals surface area contributed by atoms with Gasteiger partial charge in [-0.15, -0.1) is 0 Å². The fourth-order valence-corrected chi connectivity index (χ4v) is 4.28. The summed E-state index contributed by atoms with van der Waals surface area (Å²) in [6.45, 7) is 5.48. The largest absolute Gasteiger partial charge is 0.368 e. The van der Waals surface area contributed by atoms with Crippen LogP contribution in [0.3, 0.4) is 0 Å². The zero-order chi connectivity index (χ0) is 21.5. The van der Waals surface area contributed by atoms with E-state index in [4.69, 9.17) is 10.7 Å². The lowest BCUT2D eigenvalue weighted by Gasteiger charge is -2.38. The number of imidazole rings is 1. The molecule has 8 heteroatoms. The van der Waals surface area contributed by atoms with Gasteiger partial charge in [0.1, 0.15) is 11.6 Å². The van der Waals surface area contributed by atoms with E-state index in [1.165, 1.54) is 6.07 Å². The van der Waals surface area contributed by atoms with E-state index in [1.54, 1.807) is 30.5 Å². The average Bonchev–Trinajstić information content (AvgIpc) is 3.21. The molecule has 1 atom stereocenters. The van der Waals surface area contributed by atoms with Crippen molar-refractivity contribution >= 4 is 33.5 Å². The Balaban J connectivity index is 1.33. The predicted octanol–water partition coefficient (Wildman–Crippen LogP) is 3.23. The monoisotopic (exact) mass is 418 g/mol. The smallest absolute Gasteiger partial charge is 0.248 e. The van der Waals surface area contributed by atoms with E-state index >= 15 is 0 Å². The van der Waals surface area contributed by atoms with Crippen molar-refractivity contribution in [2.45, 2.75) is 13.0 Å². The summed E-state index contributed by atoms with van der Waals surface area (Å²) in [7, 11) is 0. The second-order valence-corrected chi connectivity index (χ2v) is 7.91. The number of anilines is 1. The van der Waals surface area contributed by atoms with Gasteiger partial charge in [-0.25, -0.2) is 9.37 Å². The molecule has 1 fully saturated rings. The number of benzene rings is 2. The van der Waals surface area contributed by atoms with Crippen LogP contribution in [-0.4, -0.2) is 51.9 Å². The van der Waals surface area contributed by atoms with Crippen LogP contribution in [0.4, 0.5) is 10.1 Å². The molecule has 0 spiro atoms.